The average Bonchev–Trinajstić information content (AvgIpc) is 3.13. The lowest BCUT2D eigenvalue weighted by atomic mass is 9.80. The molecule has 0 fully saturated rings. The van der Waals surface area contributed by atoms with Gasteiger partial charge in [0.2, 0.25) is 17.7 Å². The van der Waals surface area contributed by atoms with E-state index in [2.05, 4.69) is 0 Å². The number of carbonyl (C=O) groups excluding carboxylic acids is 3. The molecular formula is C39H37N3O4. The number of methoxy groups -OCH3 is 1. The van der Waals surface area contributed by atoms with Gasteiger partial charge in [0.25, 0.3) is 0 Å². The molecule has 1 unspecified atom stereocenters. The molecule has 1 atom stereocenters. The van der Waals surface area contributed by atoms with E-state index in [0.717, 1.165) is 16.3 Å². The Kier molecular flexibility index (Phi) is 8.33. The summed E-state index contributed by atoms with van der Waals surface area (Å²) in [6, 6.07) is 37.8. The number of nitrogens with zero attached hydrogens (tertiary/aromatic N) is 3. The molecule has 1 aliphatic heterocycles. The minimum Gasteiger partial charge on any atom is -0.497 e. The summed E-state index contributed by atoms with van der Waals surface area (Å²) >= 11 is 0. The Morgan fingerprint density at radius 1 is 0.761 bits per heavy atom. The highest BCUT2D eigenvalue weighted by Crippen LogP contribution is 2.44. The van der Waals surface area contributed by atoms with Crippen LogP contribution in [0.1, 0.15) is 26.3 Å². The zero-order valence-corrected chi connectivity index (χ0v) is 26.5. The number of ether oxygens (including phenoxy) is 1. The molecule has 1 aliphatic rings. The summed E-state index contributed by atoms with van der Waals surface area (Å²) in [6.07, 6.45) is 0.157. The van der Waals surface area contributed by atoms with Gasteiger partial charge in [-0.25, -0.2) is 0 Å². The molecular weight excluding hydrogens is 574 g/mol. The van der Waals surface area contributed by atoms with E-state index in [4.69, 9.17) is 4.74 Å². The predicted octanol–water partition coefficient (Wildman–Crippen LogP) is 7.55. The van der Waals surface area contributed by atoms with Crippen molar-refractivity contribution in [1.29, 1.82) is 0 Å². The van der Waals surface area contributed by atoms with Gasteiger partial charge in [-0.3, -0.25) is 24.2 Å². The molecule has 6 rings (SSSR count). The molecule has 0 aliphatic carbocycles. The largest absolute Gasteiger partial charge is 0.497 e. The zero-order chi connectivity index (χ0) is 32.4. The van der Waals surface area contributed by atoms with Gasteiger partial charge < -0.3 is 9.64 Å². The zero-order valence-electron chi connectivity index (χ0n) is 26.5. The lowest BCUT2D eigenvalue weighted by Crippen LogP contribution is -2.53. The van der Waals surface area contributed by atoms with Crippen LogP contribution in [0.15, 0.2) is 121 Å². The van der Waals surface area contributed by atoms with Gasteiger partial charge in [0.05, 0.1) is 18.5 Å². The average molecular weight is 612 g/mol. The van der Waals surface area contributed by atoms with Crippen LogP contribution in [0.25, 0.3) is 10.8 Å². The molecule has 0 bridgehead atoms. The number of para-hydroxylation sites is 3. The van der Waals surface area contributed by atoms with Crippen LogP contribution in [0, 0.1) is 5.41 Å². The monoisotopic (exact) mass is 611 g/mol. The molecule has 7 heteroatoms. The van der Waals surface area contributed by atoms with Crippen molar-refractivity contribution in [1.82, 2.24) is 0 Å². The van der Waals surface area contributed by atoms with Crippen molar-refractivity contribution in [3.05, 3.63) is 127 Å². The fraction of sp³-hybridized carbons (Fsp3) is 0.205. The quantitative estimate of drug-likeness (QED) is 0.170. The first-order valence-electron chi connectivity index (χ1n) is 15.5. The van der Waals surface area contributed by atoms with Crippen LogP contribution < -0.4 is 19.4 Å². The molecule has 0 radical (unpaired) electrons. The standard InChI is InChI=1S/C39H37N3O4/c1-27(2)41(32-20-22-33(46-4)23-21-32)36(43)26-40-34-16-10-11-17-35(34)42(31-14-6-5-7-15-31)38(45)39(3,37(40)44)25-28-18-19-29-12-8-9-13-30(29)24-28/h5-24,27H,25-26H2,1-4H3. The molecule has 232 valence electrons. The maximum absolute atomic E-state index is 14.9. The Labute approximate surface area is 269 Å². The Morgan fingerprint density at radius 2 is 1.39 bits per heavy atom. The van der Waals surface area contributed by atoms with E-state index in [1.54, 1.807) is 42.0 Å². The summed E-state index contributed by atoms with van der Waals surface area (Å²) in [5, 5.41) is 2.10. The first-order chi connectivity index (χ1) is 22.2. The smallest absolute Gasteiger partial charge is 0.247 e. The highest BCUT2D eigenvalue weighted by molar-refractivity contribution is 6.24. The molecule has 46 heavy (non-hydrogen) atoms. The van der Waals surface area contributed by atoms with E-state index in [0.29, 0.717) is 28.5 Å². The number of amides is 3. The van der Waals surface area contributed by atoms with Crippen LogP contribution in [0.4, 0.5) is 22.7 Å². The van der Waals surface area contributed by atoms with Crippen LogP contribution in [0.5, 0.6) is 5.75 Å². The third-order valence-corrected chi connectivity index (χ3v) is 8.62. The van der Waals surface area contributed by atoms with Crippen molar-refractivity contribution in [2.75, 3.05) is 28.4 Å². The lowest BCUT2D eigenvalue weighted by Gasteiger charge is -2.34. The van der Waals surface area contributed by atoms with E-state index in [9.17, 15) is 14.4 Å². The summed E-state index contributed by atoms with van der Waals surface area (Å²) in [5.74, 6) is -0.365. The third-order valence-electron chi connectivity index (χ3n) is 8.62. The topological polar surface area (TPSA) is 70.2 Å². The second-order valence-corrected chi connectivity index (χ2v) is 12.1. The summed E-state index contributed by atoms with van der Waals surface area (Å²) in [5.41, 5.74) is 1.71. The maximum atomic E-state index is 14.9. The van der Waals surface area contributed by atoms with Gasteiger partial charge in [-0.2, -0.15) is 0 Å². The van der Waals surface area contributed by atoms with Crippen LogP contribution in [0.2, 0.25) is 0 Å². The van der Waals surface area contributed by atoms with E-state index in [-0.39, 0.29) is 30.8 Å². The molecule has 0 aromatic heterocycles. The summed E-state index contributed by atoms with van der Waals surface area (Å²) in [6.45, 7) is 5.33. The van der Waals surface area contributed by atoms with E-state index in [1.165, 1.54) is 4.90 Å². The Hall–Kier alpha value is -5.43. The van der Waals surface area contributed by atoms with Crippen molar-refractivity contribution in [3.63, 3.8) is 0 Å². The Bertz CT molecular complexity index is 1900. The predicted molar refractivity (Wildman–Crippen MR) is 184 cm³/mol. The van der Waals surface area contributed by atoms with Crippen molar-refractivity contribution < 1.29 is 19.1 Å². The normalized spacial score (nSPS) is 16.4. The van der Waals surface area contributed by atoms with Crippen molar-refractivity contribution in [3.8, 4) is 5.75 Å². The molecule has 5 aromatic rings. The molecule has 7 nitrogen and oxygen atoms in total. The Morgan fingerprint density at radius 3 is 2.07 bits per heavy atom. The van der Waals surface area contributed by atoms with Gasteiger partial charge in [0.1, 0.15) is 17.7 Å². The van der Waals surface area contributed by atoms with Crippen molar-refractivity contribution >= 4 is 51.2 Å². The van der Waals surface area contributed by atoms with E-state index >= 15 is 0 Å². The summed E-state index contributed by atoms with van der Waals surface area (Å²) < 4.78 is 5.32. The van der Waals surface area contributed by atoms with Gasteiger partial charge in [-0.05, 0) is 92.1 Å². The SMILES string of the molecule is COc1ccc(N(C(=O)CN2C(=O)C(C)(Cc3ccc4ccccc4c3)C(=O)N(c3ccccc3)c3ccccc32)C(C)C)cc1. The van der Waals surface area contributed by atoms with Gasteiger partial charge >= 0.3 is 0 Å². The minimum atomic E-state index is -1.53. The molecule has 0 spiro atoms. The summed E-state index contributed by atoms with van der Waals surface area (Å²) in [7, 11) is 1.59. The fourth-order valence-electron chi connectivity index (χ4n) is 6.32. The molecule has 5 aromatic carbocycles. The number of hydrogen-bond donors (Lipinski definition) is 0. The first-order valence-corrected chi connectivity index (χ1v) is 15.5. The second kappa shape index (κ2) is 12.5. The molecule has 0 N–H and O–H groups in total. The van der Waals surface area contributed by atoms with Crippen LogP contribution >= 0.6 is 0 Å². The third kappa shape index (κ3) is 5.60. The lowest BCUT2D eigenvalue weighted by molar-refractivity contribution is -0.139. The Balaban J connectivity index is 1.47. The van der Waals surface area contributed by atoms with Gasteiger partial charge in [0, 0.05) is 17.4 Å². The van der Waals surface area contributed by atoms with Crippen LogP contribution in [0.3, 0.4) is 0 Å². The minimum absolute atomic E-state index is 0.157. The van der Waals surface area contributed by atoms with E-state index in [1.807, 2.05) is 117 Å². The van der Waals surface area contributed by atoms with Gasteiger partial charge in [-0.15, -0.1) is 0 Å². The second-order valence-electron chi connectivity index (χ2n) is 12.1. The molecule has 0 saturated carbocycles. The van der Waals surface area contributed by atoms with Crippen molar-refractivity contribution in [2.24, 2.45) is 5.41 Å². The number of anilines is 4. The molecule has 0 saturated heterocycles. The summed E-state index contributed by atoms with van der Waals surface area (Å²) in [4.78, 5) is 48.8. The highest BCUT2D eigenvalue weighted by Gasteiger charge is 2.51. The molecule has 1 heterocycles. The number of carbonyl (C=O) groups is 3. The molecule has 3 amide bonds. The number of rotatable bonds is 8. The van der Waals surface area contributed by atoms with Gasteiger partial charge in [-0.1, -0.05) is 72.8 Å². The van der Waals surface area contributed by atoms with Gasteiger partial charge in [0.15, 0.2) is 0 Å². The first kappa shape index (κ1) is 30.6. The number of fused-ring (bicyclic) bond motifs is 2. The number of hydrogen-bond acceptors (Lipinski definition) is 4. The number of benzene rings is 5. The van der Waals surface area contributed by atoms with Crippen LogP contribution in [-0.2, 0) is 20.8 Å². The fourth-order valence-corrected chi connectivity index (χ4v) is 6.32. The van der Waals surface area contributed by atoms with Crippen molar-refractivity contribution in [2.45, 2.75) is 33.2 Å². The van der Waals surface area contributed by atoms with Crippen LogP contribution in [-0.4, -0.2) is 37.4 Å². The highest BCUT2D eigenvalue weighted by atomic mass is 16.5. The maximum Gasteiger partial charge on any atom is 0.247 e. The van der Waals surface area contributed by atoms with E-state index < -0.39 is 11.3 Å².